The number of methoxy groups -OCH3 is 1. The summed E-state index contributed by atoms with van der Waals surface area (Å²) in [6.45, 7) is 4.76. The van der Waals surface area contributed by atoms with Crippen molar-refractivity contribution < 1.29 is 20.1 Å². The first-order valence-electron chi connectivity index (χ1n) is 12.1. The van der Waals surface area contributed by atoms with E-state index < -0.39 is 11.7 Å². The summed E-state index contributed by atoms with van der Waals surface area (Å²) in [5, 5.41) is 33.5. The molecule has 4 nitrogen and oxygen atoms in total. The highest BCUT2D eigenvalue weighted by atomic mass is 16.5. The molecule has 31 heavy (non-hydrogen) atoms. The summed E-state index contributed by atoms with van der Waals surface area (Å²) in [5.41, 5.74) is -0.0711. The Labute approximate surface area is 185 Å². The van der Waals surface area contributed by atoms with Gasteiger partial charge in [0.15, 0.2) is 0 Å². The highest BCUT2D eigenvalue weighted by molar-refractivity contribution is 5.41. The van der Waals surface area contributed by atoms with Gasteiger partial charge in [-0.2, -0.15) is 0 Å². The Hall–Kier alpha value is -1.52. The van der Waals surface area contributed by atoms with E-state index in [1.807, 2.05) is 12.1 Å². The fourth-order valence-electron chi connectivity index (χ4n) is 10.1. The van der Waals surface area contributed by atoms with E-state index in [0.717, 1.165) is 24.8 Å². The topological polar surface area (TPSA) is 69.9 Å². The molecule has 1 aromatic rings. The fourth-order valence-corrected chi connectivity index (χ4v) is 10.1. The Bertz CT molecular complexity index is 956. The van der Waals surface area contributed by atoms with E-state index in [-0.39, 0.29) is 22.2 Å². The second-order valence-corrected chi connectivity index (χ2v) is 11.8. The van der Waals surface area contributed by atoms with Crippen LogP contribution in [-0.4, -0.2) is 34.1 Å². The number of aliphatic hydroxyl groups is 2. The molecule has 168 valence electrons. The van der Waals surface area contributed by atoms with Gasteiger partial charge in [0.1, 0.15) is 17.5 Å². The number of benzene rings is 1. The van der Waals surface area contributed by atoms with Crippen LogP contribution in [0.4, 0.5) is 0 Å². The Morgan fingerprint density at radius 2 is 1.81 bits per heavy atom. The molecule has 9 unspecified atom stereocenters. The van der Waals surface area contributed by atoms with Gasteiger partial charge in [0.25, 0.3) is 0 Å². The molecule has 0 aliphatic heterocycles. The lowest BCUT2D eigenvalue weighted by Gasteiger charge is -2.56. The van der Waals surface area contributed by atoms with Crippen molar-refractivity contribution >= 4 is 0 Å². The largest absolute Gasteiger partial charge is 0.512 e. The highest BCUT2D eigenvalue weighted by Crippen LogP contribution is 2.86. The van der Waals surface area contributed by atoms with E-state index in [2.05, 4.69) is 19.9 Å². The second-order valence-electron chi connectivity index (χ2n) is 11.8. The van der Waals surface area contributed by atoms with Crippen LogP contribution in [0.5, 0.6) is 5.75 Å². The molecule has 0 saturated heterocycles. The number of hydrogen-bond donors (Lipinski definition) is 3. The van der Waals surface area contributed by atoms with E-state index in [1.54, 1.807) is 19.3 Å². The van der Waals surface area contributed by atoms with Gasteiger partial charge in [-0.25, -0.2) is 0 Å². The number of hydrogen-bond acceptors (Lipinski definition) is 4. The summed E-state index contributed by atoms with van der Waals surface area (Å²) in [4.78, 5) is 0. The van der Waals surface area contributed by atoms with Gasteiger partial charge < -0.3 is 20.1 Å². The number of rotatable bonds is 3. The lowest BCUT2D eigenvalue weighted by atomic mass is 9.48. The Balaban J connectivity index is 1.39. The van der Waals surface area contributed by atoms with Gasteiger partial charge in [-0.3, -0.25) is 0 Å². The van der Waals surface area contributed by atoms with Crippen molar-refractivity contribution in [3.05, 3.63) is 41.7 Å². The number of fused-ring (bicyclic) bond motifs is 2. The Morgan fingerprint density at radius 1 is 1.06 bits per heavy atom. The number of aliphatic hydroxyl groups excluding tert-OH is 1. The molecule has 1 spiro atoms. The minimum atomic E-state index is -1.02. The van der Waals surface area contributed by atoms with Crippen LogP contribution in [0, 0.1) is 39.9 Å². The molecule has 4 bridgehead atoms. The van der Waals surface area contributed by atoms with E-state index in [9.17, 15) is 15.3 Å². The zero-order valence-electron chi connectivity index (χ0n) is 19.0. The molecular weight excluding hydrogens is 388 g/mol. The van der Waals surface area contributed by atoms with Crippen molar-refractivity contribution in [1.29, 1.82) is 0 Å². The molecule has 1 aromatic carbocycles. The number of aromatic hydroxyl groups is 1. The zero-order chi connectivity index (χ0) is 21.8. The molecule has 4 saturated carbocycles. The van der Waals surface area contributed by atoms with Crippen LogP contribution in [0.3, 0.4) is 0 Å². The zero-order valence-corrected chi connectivity index (χ0v) is 19.0. The highest BCUT2D eigenvalue weighted by Gasteiger charge is 2.86. The van der Waals surface area contributed by atoms with Gasteiger partial charge in [0.2, 0.25) is 0 Å². The summed E-state index contributed by atoms with van der Waals surface area (Å²) in [6, 6.07) is 7.75. The monoisotopic (exact) mass is 424 g/mol. The summed E-state index contributed by atoms with van der Waals surface area (Å²) in [6.07, 6.45) is 9.26. The maximum atomic E-state index is 12.2. The fraction of sp³-hybridized carbons (Fsp3) is 0.704. The van der Waals surface area contributed by atoms with Crippen molar-refractivity contribution in [3.8, 4) is 5.75 Å². The van der Waals surface area contributed by atoms with Crippen molar-refractivity contribution in [2.75, 3.05) is 7.11 Å². The van der Waals surface area contributed by atoms with Gasteiger partial charge >= 0.3 is 0 Å². The number of phenols is 1. The Morgan fingerprint density at radius 3 is 2.55 bits per heavy atom. The van der Waals surface area contributed by atoms with Crippen molar-refractivity contribution in [3.63, 3.8) is 0 Å². The molecule has 5 aliphatic rings. The normalized spacial score (nSPS) is 52.0. The second kappa shape index (κ2) is 6.08. The SMILES string of the molecule is COC1C=C(O)C2C3C4CCC5(CCC(Cc6ccccc6O)C5)C3(C)C(C)(C4)C12O. The van der Waals surface area contributed by atoms with Gasteiger partial charge in [0, 0.05) is 12.5 Å². The van der Waals surface area contributed by atoms with Crippen LogP contribution < -0.4 is 0 Å². The molecule has 0 heterocycles. The third-order valence-corrected chi connectivity index (χ3v) is 11.3. The van der Waals surface area contributed by atoms with Crippen molar-refractivity contribution in [1.82, 2.24) is 0 Å². The minimum Gasteiger partial charge on any atom is -0.512 e. The van der Waals surface area contributed by atoms with Gasteiger partial charge in [-0.15, -0.1) is 0 Å². The van der Waals surface area contributed by atoms with Crippen LogP contribution in [0.25, 0.3) is 0 Å². The van der Waals surface area contributed by atoms with Crippen LogP contribution >= 0.6 is 0 Å². The number of phenolic OH excluding ortho intramolecular Hbond substituents is 1. The summed E-state index contributed by atoms with van der Waals surface area (Å²) in [5.74, 6) is 2.03. The standard InChI is InChI=1S/C27H36O4/c1-24-15-18-9-11-26(10-8-16(14-26)12-17-6-4-5-7-19(17)28)25(24,2)22(18)23-20(29)13-21(31-3)27(23,24)30/h4-7,13,16,18,21-23,28-30H,8-12,14-15H2,1-3H3. The third kappa shape index (κ3) is 2.06. The van der Waals surface area contributed by atoms with E-state index in [0.29, 0.717) is 29.3 Å². The predicted octanol–water partition coefficient (Wildman–Crippen LogP) is 5.00. The van der Waals surface area contributed by atoms with E-state index in [1.165, 1.54) is 25.7 Å². The van der Waals surface area contributed by atoms with E-state index in [4.69, 9.17) is 4.74 Å². The maximum absolute atomic E-state index is 12.2. The smallest absolute Gasteiger partial charge is 0.118 e. The molecule has 3 N–H and O–H groups in total. The molecule has 4 fully saturated rings. The predicted molar refractivity (Wildman–Crippen MR) is 119 cm³/mol. The summed E-state index contributed by atoms with van der Waals surface area (Å²) >= 11 is 0. The summed E-state index contributed by atoms with van der Waals surface area (Å²) in [7, 11) is 1.66. The molecule has 0 amide bonds. The van der Waals surface area contributed by atoms with Crippen LogP contribution in [-0.2, 0) is 11.2 Å². The number of ether oxygens (including phenoxy) is 1. The third-order valence-electron chi connectivity index (χ3n) is 11.3. The van der Waals surface area contributed by atoms with E-state index >= 15 is 0 Å². The minimum absolute atomic E-state index is 0.0190. The Kier molecular flexibility index (Phi) is 3.94. The molecule has 4 heteroatoms. The first-order valence-corrected chi connectivity index (χ1v) is 12.1. The van der Waals surface area contributed by atoms with Crippen molar-refractivity contribution in [2.24, 2.45) is 39.9 Å². The molecule has 5 aliphatic carbocycles. The van der Waals surface area contributed by atoms with Gasteiger partial charge in [0.05, 0.1) is 11.7 Å². The molecule has 0 radical (unpaired) electrons. The van der Waals surface area contributed by atoms with Crippen LogP contribution in [0.2, 0.25) is 0 Å². The molecule has 6 rings (SSSR count). The molecule has 0 aromatic heterocycles. The molecule has 9 atom stereocenters. The number of para-hydroxylation sites is 1. The average Bonchev–Trinajstić information content (AvgIpc) is 3.36. The molecular formula is C27H36O4. The van der Waals surface area contributed by atoms with Gasteiger partial charge in [-0.1, -0.05) is 32.0 Å². The van der Waals surface area contributed by atoms with Gasteiger partial charge in [-0.05, 0) is 91.2 Å². The maximum Gasteiger partial charge on any atom is 0.118 e. The lowest BCUT2D eigenvalue weighted by Crippen LogP contribution is -2.59. The van der Waals surface area contributed by atoms with Crippen LogP contribution in [0.15, 0.2) is 36.1 Å². The van der Waals surface area contributed by atoms with Crippen molar-refractivity contribution in [2.45, 2.75) is 70.5 Å². The van der Waals surface area contributed by atoms with Crippen LogP contribution in [0.1, 0.15) is 57.9 Å². The average molecular weight is 425 g/mol. The lowest BCUT2D eigenvalue weighted by molar-refractivity contribution is -0.181. The summed E-state index contributed by atoms with van der Waals surface area (Å²) < 4.78 is 5.76. The first kappa shape index (κ1) is 20.1. The quantitative estimate of drug-likeness (QED) is 0.639. The first-order chi connectivity index (χ1) is 14.7.